The maximum absolute atomic E-state index is 4.84. The molecule has 3 heteroatoms. The molecule has 2 heterocycles. The summed E-state index contributed by atoms with van der Waals surface area (Å²) in [5.74, 6) is 0.873. The first-order chi connectivity index (χ1) is 9.45. The Morgan fingerprint density at radius 2 is 1.90 bits per heavy atom. The van der Waals surface area contributed by atoms with Gasteiger partial charge in [-0.25, -0.2) is 9.67 Å². The summed E-state index contributed by atoms with van der Waals surface area (Å²) in [6.07, 6.45) is 3.70. The molecule has 3 aromatic rings. The highest BCUT2D eigenvalue weighted by Crippen LogP contribution is 2.30. The zero-order valence-corrected chi connectivity index (χ0v) is 12.4. The number of hydrogen-bond donors (Lipinski definition) is 0. The highest BCUT2D eigenvalue weighted by atomic mass is 15.3. The van der Waals surface area contributed by atoms with Crippen LogP contribution in [0.4, 0.5) is 0 Å². The van der Waals surface area contributed by atoms with E-state index in [0.717, 1.165) is 11.5 Å². The van der Waals surface area contributed by atoms with E-state index in [9.17, 15) is 0 Å². The van der Waals surface area contributed by atoms with Crippen LogP contribution in [0.15, 0.2) is 42.7 Å². The Balaban J connectivity index is 2.35. The highest BCUT2D eigenvalue weighted by molar-refractivity contribution is 5.87. The molecule has 1 aromatic carbocycles. The lowest BCUT2D eigenvalue weighted by molar-refractivity contribution is 0.572. The third-order valence-corrected chi connectivity index (χ3v) is 3.42. The van der Waals surface area contributed by atoms with Crippen LogP contribution in [0, 0.1) is 6.92 Å². The summed E-state index contributed by atoms with van der Waals surface area (Å²) in [5, 5.41) is 6.73. The minimum absolute atomic E-state index is 0.00330. The maximum Gasteiger partial charge on any atom is 0.154 e. The van der Waals surface area contributed by atoms with Crippen molar-refractivity contribution in [3.8, 4) is 5.82 Å². The van der Waals surface area contributed by atoms with Gasteiger partial charge in [0.2, 0.25) is 0 Å². The number of aromatic nitrogens is 3. The highest BCUT2D eigenvalue weighted by Gasteiger charge is 2.20. The SMILES string of the molecule is Cc1ccc2c(C(C)(C)C)nc(-n3cccn3)cc2c1. The predicted molar refractivity (Wildman–Crippen MR) is 82.3 cm³/mol. The second kappa shape index (κ2) is 4.44. The lowest BCUT2D eigenvalue weighted by Crippen LogP contribution is -2.16. The van der Waals surface area contributed by atoms with Crippen molar-refractivity contribution >= 4 is 10.8 Å². The van der Waals surface area contributed by atoms with Crippen LogP contribution in [0.1, 0.15) is 32.0 Å². The minimum Gasteiger partial charge on any atom is -0.232 e. The molecule has 0 atom stereocenters. The predicted octanol–water partition coefficient (Wildman–Crippen LogP) is 4.03. The van der Waals surface area contributed by atoms with Crippen molar-refractivity contribution in [3.63, 3.8) is 0 Å². The summed E-state index contributed by atoms with van der Waals surface area (Å²) in [4.78, 5) is 4.84. The van der Waals surface area contributed by atoms with Crippen molar-refractivity contribution in [2.45, 2.75) is 33.1 Å². The molecule has 0 aliphatic heterocycles. The van der Waals surface area contributed by atoms with Gasteiger partial charge in [-0.2, -0.15) is 5.10 Å². The standard InChI is InChI=1S/C17H19N3/c1-12-6-7-14-13(10-12)11-15(20-9-5-8-18-20)19-16(14)17(2,3)4/h5-11H,1-4H3. The molecule has 0 fully saturated rings. The molecular weight excluding hydrogens is 246 g/mol. The Labute approximate surface area is 119 Å². The number of nitrogens with zero attached hydrogens (tertiary/aromatic N) is 3. The van der Waals surface area contributed by atoms with E-state index in [-0.39, 0.29) is 5.41 Å². The average molecular weight is 265 g/mol. The second-order valence-electron chi connectivity index (χ2n) is 6.25. The first-order valence-electron chi connectivity index (χ1n) is 6.87. The molecule has 0 aliphatic carbocycles. The van der Waals surface area contributed by atoms with Gasteiger partial charge in [-0.1, -0.05) is 44.5 Å². The number of pyridine rings is 1. The van der Waals surface area contributed by atoms with E-state index in [1.807, 2.05) is 16.9 Å². The Hall–Kier alpha value is -2.16. The van der Waals surface area contributed by atoms with E-state index in [1.165, 1.54) is 16.3 Å². The quantitative estimate of drug-likeness (QED) is 0.665. The summed E-state index contributed by atoms with van der Waals surface area (Å²) in [6, 6.07) is 10.5. The van der Waals surface area contributed by atoms with E-state index in [1.54, 1.807) is 6.20 Å². The van der Waals surface area contributed by atoms with Crippen LogP contribution < -0.4 is 0 Å². The zero-order valence-electron chi connectivity index (χ0n) is 12.4. The van der Waals surface area contributed by atoms with Crippen LogP contribution in [-0.4, -0.2) is 14.8 Å². The molecule has 2 aromatic heterocycles. The number of aryl methyl sites for hydroxylation is 1. The fourth-order valence-electron chi connectivity index (χ4n) is 2.46. The summed E-state index contributed by atoms with van der Waals surface area (Å²) >= 11 is 0. The molecule has 0 amide bonds. The zero-order chi connectivity index (χ0) is 14.3. The van der Waals surface area contributed by atoms with Crippen molar-refractivity contribution in [2.75, 3.05) is 0 Å². The van der Waals surface area contributed by atoms with Gasteiger partial charge in [-0.15, -0.1) is 0 Å². The fourth-order valence-corrected chi connectivity index (χ4v) is 2.46. The first kappa shape index (κ1) is 12.9. The van der Waals surface area contributed by atoms with Crippen molar-refractivity contribution in [1.82, 2.24) is 14.8 Å². The largest absolute Gasteiger partial charge is 0.232 e. The van der Waals surface area contributed by atoms with Gasteiger partial charge in [0, 0.05) is 23.2 Å². The molecule has 3 nitrogen and oxygen atoms in total. The molecule has 0 spiro atoms. The Kier molecular flexibility index (Phi) is 2.85. The minimum atomic E-state index is -0.00330. The lowest BCUT2D eigenvalue weighted by Gasteiger charge is -2.21. The van der Waals surface area contributed by atoms with Gasteiger partial charge in [0.25, 0.3) is 0 Å². The van der Waals surface area contributed by atoms with Gasteiger partial charge in [0.05, 0.1) is 5.69 Å². The third kappa shape index (κ3) is 2.20. The van der Waals surface area contributed by atoms with Crippen molar-refractivity contribution < 1.29 is 0 Å². The first-order valence-corrected chi connectivity index (χ1v) is 6.87. The molecule has 20 heavy (non-hydrogen) atoms. The third-order valence-electron chi connectivity index (χ3n) is 3.42. The van der Waals surface area contributed by atoms with Crippen molar-refractivity contribution in [3.05, 3.63) is 54.0 Å². The molecule has 0 bridgehead atoms. The van der Waals surface area contributed by atoms with E-state index < -0.39 is 0 Å². The number of rotatable bonds is 1. The maximum atomic E-state index is 4.84. The van der Waals surface area contributed by atoms with E-state index in [4.69, 9.17) is 4.98 Å². The molecule has 0 saturated carbocycles. The van der Waals surface area contributed by atoms with Gasteiger partial charge in [0.1, 0.15) is 0 Å². The summed E-state index contributed by atoms with van der Waals surface area (Å²) < 4.78 is 1.82. The normalized spacial score (nSPS) is 12.0. The molecule has 0 unspecified atom stereocenters. The molecule has 102 valence electrons. The summed E-state index contributed by atoms with van der Waals surface area (Å²) in [5.41, 5.74) is 2.37. The summed E-state index contributed by atoms with van der Waals surface area (Å²) in [7, 11) is 0. The van der Waals surface area contributed by atoms with Crippen molar-refractivity contribution in [1.29, 1.82) is 0 Å². The van der Waals surface area contributed by atoms with Gasteiger partial charge < -0.3 is 0 Å². The number of benzene rings is 1. The molecular formula is C17H19N3. The Morgan fingerprint density at radius 1 is 1.10 bits per heavy atom. The van der Waals surface area contributed by atoms with Crippen LogP contribution in [-0.2, 0) is 5.41 Å². The Morgan fingerprint density at radius 3 is 2.55 bits per heavy atom. The monoisotopic (exact) mass is 265 g/mol. The lowest BCUT2D eigenvalue weighted by atomic mass is 9.88. The van der Waals surface area contributed by atoms with Crippen LogP contribution >= 0.6 is 0 Å². The van der Waals surface area contributed by atoms with Gasteiger partial charge in [-0.05, 0) is 24.4 Å². The molecule has 0 radical (unpaired) electrons. The second-order valence-corrected chi connectivity index (χ2v) is 6.25. The fraction of sp³-hybridized carbons (Fsp3) is 0.294. The van der Waals surface area contributed by atoms with E-state index in [2.05, 4.69) is 57.1 Å². The van der Waals surface area contributed by atoms with Crippen LogP contribution in [0.25, 0.3) is 16.6 Å². The van der Waals surface area contributed by atoms with E-state index in [0.29, 0.717) is 0 Å². The summed E-state index contributed by atoms with van der Waals surface area (Å²) in [6.45, 7) is 8.70. The van der Waals surface area contributed by atoms with Crippen LogP contribution in [0.3, 0.4) is 0 Å². The van der Waals surface area contributed by atoms with Gasteiger partial charge >= 0.3 is 0 Å². The number of fused-ring (bicyclic) bond motifs is 1. The average Bonchev–Trinajstić information content (AvgIpc) is 2.89. The molecule has 0 saturated heterocycles. The Bertz CT molecular complexity index is 750. The molecule has 3 rings (SSSR count). The van der Waals surface area contributed by atoms with Crippen LogP contribution in [0.5, 0.6) is 0 Å². The molecule has 0 aliphatic rings. The topological polar surface area (TPSA) is 30.7 Å². The number of hydrogen-bond acceptors (Lipinski definition) is 2. The van der Waals surface area contributed by atoms with Gasteiger partial charge in [0.15, 0.2) is 5.82 Å². The van der Waals surface area contributed by atoms with Gasteiger partial charge in [-0.3, -0.25) is 0 Å². The van der Waals surface area contributed by atoms with Crippen LogP contribution in [0.2, 0.25) is 0 Å². The van der Waals surface area contributed by atoms with Crippen molar-refractivity contribution in [2.24, 2.45) is 0 Å². The van der Waals surface area contributed by atoms with E-state index >= 15 is 0 Å². The molecule has 0 N–H and O–H groups in total. The smallest absolute Gasteiger partial charge is 0.154 e.